The molecule has 0 amide bonds. The van der Waals surface area contributed by atoms with Crippen LogP contribution in [0.2, 0.25) is 5.02 Å². The zero-order chi connectivity index (χ0) is 13.2. The number of fused-ring (bicyclic) bond motifs is 1. The molecule has 2 aromatic rings. The van der Waals surface area contributed by atoms with Gasteiger partial charge < -0.3 is 10.6 Å². The average molecular weight is 272 g/mol. The van der Waals surface area contributed by atoms with E-state index >= 15 is 0 Å². The highest BCUT2D eigenvalue weighted by molar-refractivity contribution is 6.31. The molecule has 0 fully saturated rings. The van der Waals surface area contributed by atoms with Crippen LogP contribution in [0.3, 0.4) is 0 Å². The first kappa shape index (κ1) is 12.1. The lowest BCUT2D eigenvalue weighted by molar-refractivity contribution is 0.800. The van der Waals surface area contributed by atoms with Crippen molar-refractivity contribution in [2.75, 3.05) is 11.6 Å². The number of hydrogen-bond acceptors (Lipinski definition) is 3. The van der Waals surface area contributed by atoms with Crippen LogP contribution in [0.15, 0.2) is 53.5 Å². The molecule has 3 nitrogen and oxygen atoms in total. The Bertz CT molecular complexity index is 623. The summed E-state index contributed by atoms with van der Waals surface area (Å²) in [5.74, 6) is 0.580. The fraction of sp³-hybridized carbons (Fsp3) is 0.133. The van der Waals surface area contributed by atoms with E-state index < -0.39 is 0 Å². The molecule has 19 heavy (non-hydrogen) atoms. The number of rotatable bonds is 2. The van der Waals surface area contributed by atoms with E-state index in [0.717, 1.165) is 17.8 Å². The largest absolute Gasteiger partial charge is 0.383 e. The van der Waals surface area contributed by atoms with E-state index in [4.69, 9.17) is 17.3 Å². The normalized spacial score (nSPS) is 13.9. The van der Waals surface area contributed by atoms with Gasteiger partial charge in [0.25, 0.3) is 0 Å². The predicted octanol–water partition coefficient (Wildman–Crippen LogP) is 3.02. The molecule has 2 aromatic carbocycles. The lowest BCUT2D eigenvalue weighted by atomic mass is 10.1. The van der Waals surface area contributed by atoms with Crippen molar-refractivity contribution < 1.29 is 0 Å². The Morgan fingerprint density at radius 2 is 1.95 bits per heavy atom. The Labute approximate surface area is 117 Å². The number of hydrogen-bond donors (Lipinski definition) is 1. The smallest absolute Gasteiger partial charge is 0.129 e. The number of anilines is 1. The van der Waals surface area contributed by atoms with E-state index in [1.165, 1.54) is 5.56 Å². The maximum atomic E-state index is 6.09. The molecule has 0 saturated heterocycles. The lowest BCUT2D eigenvalue weighted by Crippen LogP contribution is -2.32. The van der Waals surface area contributed by atoms with Crippen LogP contribution >= 0.6 is 11.6 Å². The molecule has 0 aliphatic carbocycles. The van der Waals surface area contributed by atoms with Crippen molar-refractivity contribution in [3.05, 3.63) is 64.7 Å². The van der Waals surface area contributed by atoms with E-state index in [2.05, 4.69) is 22.0 Å². The second kappa shape index (κ2) is 4.94. The molecule has 0 unspecified atom stereocenters. The Kier molecular flexibility index (Phi) is 3.13. The van der Waals surface area contributed by atoms with Crippen molar-refractivity contribution in [2.45, 2.75) is 6.54 Å². The fourth-order valence-electron chi connectivity index (χ4n) is 2.24. The minimum atomic E-state index is 0.564. The first-order valence-electron chi connectivity index (χ1n) is 6.13. The SMILES string of the molecule is NC1=NCN(Cc2ccccc2)c2cc(Cl)ccc21. The van der Waals surface area contributed by atoms with Gasteiger partial charge in [-0.2, -0.15) is 0 Å². The van der Waals surface area contributed by atoms with Gasteiger partial charge in [-0.05, 0) is 23.8 Å². The van der Waals surface area contributed by atoms with Crippen LogP contribution in [-0.4, -0.2) is 12.5 Å². The average Bonchev–Trinajstić information content (AvgIpc) is 2.43. The van der Waals surface area contributed by atoms with E-state index in [-0.39, 0.29) is 0 Å². The van der Waals surface area contributed by atoms with Gasteiger partial charge in [-0.15, -0.1) is 0 Å². The van der Waals surface area contributed by atoms with Crippen molar-refractivity contribution in [3.63, 3.8) is 0 Å². The third-order valence-electron chi connectivity index (χ3n) is 3.20. The highest BCUT2D eigenvalue weighted by Gasteiger charge is 2.18. The number of aliphatic imine (C=N–C) groups is 1. The molecule has 0 atom stereocenters. The van der Waals surface area contributed by atoms with E-state index in [0.29, 0.717) is 17.5 Å². The van der Waals surface area contributed by atoms with E-state index in [9.17, 15) is 0 Å². The van der Waals surface area contributed by atoms with Gasteiger partial charge in [0.15, 0.2) is 0 Å². The molecule has 1 aliphatic heterocycles. The number of nitrogens with zero attached hydrogens (tertiary/aromatic N) is 2. The summed E-state index contributed by atoms with van der Waals surface area (Å²) < 4.78 is 0. The molecule has 1 heterocycles. The Hall–Kier alpha value is -2.00. The predicted molar refractivity (Wildman–Crippen MR) is 79.7 cm³/mol. The van der Waals surface area contributed by atoms with Crippen LogP contribution in [0.5, 0.6) is 0 Å². The maximum Gasteiger partial charge on any atom is 0.129 e. The number of halogens is 1. The van der Waals surface area contributed by atoms with Crippen LogP contribution in [0.25, 0.3) is 0 Å². The summed E-state index contributed by atoms with van der Waals surface area (Å²) in [5, 5.41) is 0.714. The van der Waals surface area contributed by atoms with Crippen molar-refractivity contribution in [3.8, 4) is 0 Å². The van der Waals surface area contributed by atoms with Crippen LogP contribution in [0, 0.1) is 0 Å². The zero-order valence-corrected chi connectivity index (χ0v) is 11.1. The molecule has 0 aromatic heterocycles. The molecule has 0 bridgehead atoms. The molecule has 2 N–H and O–H groups in total. The summed E-state index contributed by atoms with van der Waals surface area (Å²) in [5.41, 5.74) is 9.17. The molecule has 1 aliphatic rings. The monoisotopic (exact) mass is 271 g/mol. The van der Waals surface area contributed by atoms with Gasteiger partial charge in [0.1, 0.15) is 12.5 Å². The van der Waals surface area contributed by atoms with Gasteiger partial charge in [0, 0.05) is 17.1 Å². The first-order valence-corrected chi connectivity index (χ1v) is 6.50. The van der Waals surface area contributed by atoms with Crippen LogP contribution in [-0.2, 0) is 6.54 Å². The number of amidine groups is 1. The van der Waals surface area contributed by atoms with Crippen LogP contribution in [0.4, 0.5) is 5.69 Å². The van der Waals surface area contributed by atoms with Gasteiger partial charge in [-0.1, -0.05) is 41.9 Å². The molecule has 0 radical (unpaired) electrons. The van der Waals surface area contributed by atoms with Crippen molar-refractivity contribution in [1.29, 1.82) is 0 Å². The highest BCUT2D eigenvalue weighted by atomic mass is 35.5. The van der Waals surface area contributed by atoms with Gasteiger partial charge in [-0.3, -0.25) is 0 Å². The molecule has 4 heteroatoms. The molecule has 0 spiro atoms. The van der Waals surface area contributed by atoms with Crippen molar-refractivity contribution >= 4 is 23.1 Å². The summed E-state index contributed by atoms with van der Waals surface area (Å²) >= 11 is 6.09. The standard InChI is InChI=1S/C15H14ClN3/c16-12-6-7-13-14(8-12)19(10-18-15(13)17)9-11-4-2-1-3-5-11/h1-8H,9-10H2,(H2,17,18). The molecular weight excluding hydrogens is 258 g/mol. The third kappa shape index (κ3) is 2.42. The number of nitrogens with two attached hydrogens (primary N) is 1. The first-order chi connectivity index (χ1) is 9.24. The highest BCUT2D eigenvalue weighted by Crippen LogP contribution is 2.28. The molecule has 3 rings (SSSR count). The van der Waals surface area contributed by atoms with E-state index in [1.54, 1.807) is 0 Å². The maximum absolute atomic E-state index is 6.09. The fourth-order valence-corrected chi connectivity index (χ4v) is 2.41. The summed E-state index contributed by atoms with van der Waals surface area (Å²) in [6.45, 7) is 1.36. The van der Waals surface area contributed by atoms with Gasteiger partial charge in [0.05, 0.1) is 5.69 Å². The van der Waals surface area contributed by atoms with Crippen LogP contribution in [0.1, 0.15) is 11.1 Å². The third-order valence-corrected chi connectivity index (χ3v) is 3.44. The van der Waals surface area contributed by atoms with Crippen molar-refractivity contribution in [2.24, 2.45) is 10.7 Å². The number of benzene rings is 2. The zero-order valence-electron chi connectivity index (χ0n) is 10.4. The summed E-state index contributed by atoms with van der Waals surface area (Å²) in [6.07, 6.45) is 0. The second-order valence-electron chi connectivity index (χ2n) is 4.53. The van der Waals surface area contributed by atoms with E-state index in [1.807, 2.05) is 36.4 Å². The van der Waals surface area contributed by atoms with Gasteiger partial charge in [0.2, 0.25) is 0 Å². The summed E-state index contributed by atoms with van der Waals surface area (Å²) in [4.78, 5) is 6.53. The van der Waals surface area contributed by atoms with Crippen molar-refractivity contribution in [1.82, 2.24) is 0 Å². The quantitative estimate of drug-likeness (QED) is 0.912. The van der Waals surface area contributed by atoms with Crippen LogP contribution < -0.4 is 10.6 Å². The topological polar surface area (TPSA) is 41.6 Å². The minimum absolute atomic E-state index is 0.564. The second-order valence-corrected chi connectivity index (χ2v) is 4.97. The Balaban J connectivity index is 1.95. The Morgan fingerprint density at radius 3 is 2.74 bits per heavy atom. The Morgan fingerprint density at radius 1 is 1.16 bits per heavy atom. The summed E-state index contributed by atoms with van der Waals surface area (Å²) in [6, 6.07) is 16.0. The molecule has 96 valence electrons. The molecule has 0 saturated carbocycles. The van der Waals surface area contributed by atoms with Gasteiger partial charge >= 0.3 is 0 Å². The summed E-state index contributed by atoms with van der Waals surface area (Å²) in [7, 11) is 0. The minimum Gasteiger partial charge on any atom is -0.383 e. The van der Waals surface area contributed by atoms with Gasteiger partial charge in [-0.25, -0.2) is 4.99 Å². The molecular formula is C15H14ClN3. The lowest BCUT2D eigenvalue weighted by Gasteiger charge is -2.29.